The number of rotatable bonds is 6. The second kappa shape index (κ2) is 9.13. The van der Waals surface area contributed by atoms with Crippen LogP contribution in [0, 0.1) is 0 Å². The smallest absolute Gasteiger partial charge is 0.161 e. The van der Waals surface area contributed by atoms with Crippen LogP contribution in [-0.4, -0.2) is 44.3 Å². The molecule has 1 aliphatic heterocycles. The van der Waals surface area contributed by atoms with Crippen molar-refractivity contribution in [1.82, 2.24) is 10.2 Å². The zero-order chi connectivity index (χ0) is 14.4. The van der Waals surface area contributed by atoms with Gasteiger partial charge in [0.15, 0.2) is 11.5 Å². The Morgan fingerprint density at radius 3 is 2.81 bits per heavy atom. The summed E-state index contributed by atoms with van der Waals surface area (Å²) in [5, 5.41) is 3.47. The molecule has 1 unspecified atom stereocenters. The van der Waals surface area contributed by atoms with Crippen molar-refractivity contribution in [2.45, 2.75) is 32.9 Å². The minimum atomic E-state index is 0. The second-order valence-electron chi connectivity index (χ2n) is 5.42. The van der Waals surface area contributed by atoms with E-state index in [0.717, 1.165) is 50.7 Å². The topological polar surface area (TPSA) is 33.7 Å². The van der Waals surface area contributed by atoms with E-state index in [9.17, 15) is 0 Å². The van der Waals surface area contributed by atoms with Crippen LogP contribution < -0.4 is 14.8 Å². The van der Waals surface area contributed by atoms with Gasteiger partial charge in [-0.15, -0.1) is 12.4 Å². The van der Waals surface area contributed by atoms with Gasteiger partial charge in [0.1, 0.15) is 0 Å². The lowest BCUT2D eigenvalue weighted by Crippen LogP contribution is -2.48. The average Bonchev–Trinajstić information content (AvgIpc) is 2.45. The van der Waals surface area contributed by atoms with Crippen LogP contribution in [-0.2, 0) is 6.54 Å². The zero-order valence-electron chi connectivity index (χ0n) is 13.2. The molecule has 120 valence electrons. The summed E-state index contributed by atoms with van der Waals surface area (Å²) in [6.45, 7) is 9.30. The fourth-order valence-corrected chi connectivity index (χ4v) is 2.56. The molecule has 1 N–H and O–H groups in total. The van der Waals surface area contributed by atoms with Crippen LogP contribution in [0.1, 0.15) is 25.8 Å². The number of methoxy groups -OCH3 is 1. The van der Waals surface area contributed by atoms with Crippen molar-refractivity contribution >= 4 is 12.4 Å². The summed E-state index contributed by atoms with van der Waals surface area (Å²) in [6, 6.07) is 6.81. The molecule has 1 atom stereocenters. The van der Waals surface area contributed by atoms with Crippen molar-refractivity contribution in [3.63, 3.8) is 0 Å². The third-order valence-electron chi connectivity index (χ3n) is 3.55. The number of benzene rings is 1. The summed E-state index contributed by atoms with van der Waals surface area (Å²) in [5.74, 6) is 1.67. The fourth-order valence-electron chi connectivity index (χ4n) is 2.56. The molecule has 4 nitrogen and oxygen atoms in total. The quantitative estimate of drug-likeness (QED) is 0.875. The number of piperazine rings is 1. The summed E-state index contributed by atoms with van der Waals surface area (Å²) < 4.78 is 11.1. The standard InChI is InChI=1S/C16H26N2O2.ClH/c1-4-9-20-16-10-14(5-6-15(16)19-3)12-18-8-7-17-13(2)11-18;/h5-6,10,13,17H,4,7-9,11-12H2,1-3H3;1H. The van der Waals surface area contributed by atoms with Crippen LogP contribution in [0.5, 0.6) is 11.5 Å². The first-order valence-corrected chi connectivity index (χ1v) is 7.48. The number of ether oxygens (including phenoxy) is 2. The van der Waals surface area contributed by atoms with E-state index >= 15 is 0 Å². The molecule has 1 fully saturated rings. The molecule has 0 bridgehead atoms. The maximum absolute atomic E-state index is 5.77. The molecule has 5 heteroatoms. The van der Waals surface area contributed by atoms with Gasteiger partial charge >= 0.3 is 0 Å². The molecule has 1 aromatic carbocycles. The lowest BCUT2D eigenvalue weighted by molar-refractivity contribution is 0.199. The summed E-state index contributed by atoms with van der Waals surface area (Å²) >= 11 is 0. The molecule has 0 saturated carbocycles. The highest BCUT2D eigenvalue weighted by Gasteiger charge is 2.16. The van der Waals surface area contributed by atoms with Gasteiger partial charge in [0.25, 0.3) is 0 Å². The second-order valence-corrected chi connectivity index (χ2v) is 5.42. The Kier molecular flexibility index (Phi) is 7.86. The Balaban J connectivity index is 0.00000220. The van der Waals surface area contributed by atoms with Gasteiger partial charge in [-0.25, -0.2) is 0 Å². The Morgan fingerprint density at radius 2 is 2.14 bits per heavy atom. The summed E-state index contributed by atoms with van der Waals surface area (Å²) in [4.78, 5) is 2.48. The van der Waals surface area contributed by atoms with E-state index in [2.05, 4.69) is 36.2 Å². The lowest BCUT2D eigenvalue weighted by Gasteiger charge is -2.31. The highest BCUT2D eigenvalue weighted by atomic mass is 35.5. The van der Waals surface area contributed by atoms with Gasteiger partial charge in [0.05, 0.1) is 13.7 Å². The van der Waals surface area contributed by atoms with E-state index < -0.39 is 0 Å². The molecule has 1 aliphatic rings. The van der Waals surface area contributed by atoms with Gasteiger partial charge < -0.3 is 14.8 Å². The molecule has 1 aromatic rings. The largest absolute Gasteiger partial charge is 0.493 e. The van der Waals surface area contributed by atoms with E-state index in [4.69, 9.17) is 9.47 Å². The highest BCUT2D eigenvalue weighted by molar-refractivity contribution is 5.85. The number of hydrogen-bond acceptors (Lipinski definition) is 4. The normalized spacial score (nSPS) is 18.9. The van der Waals surface area contributed by atoms with Crippen LogP contribution in [0.15, 0.2) is 18.2 Å². The molecule has 0 aliphatic carbocycles. The average molecular weight is 315 g/mol. The van der Waals surface area contributed by atoms with Crippen molar-refractivity contribution in [3.05, 3.63) is 23.8 Å². The highest BCUT2D eigenvalue weighted by Crippen LogP contribution is 2.28. The van der Waals surface area contributed by atoms with Crippen LogP contribution in [0.2, 0.25) is 0 Å². The van der Waals surface area contributed by atoms with Crippen molar-refractivity contribution < 1.29 is 9.47 Å². The van der Waals surface area contributed by atoms with Gasteiger partial charge in [0, 0.05) is 32.2 Å². The van der Waals surface area contributed by atoms with Crippen molar-refractivity contribution in [3.8, 4) is 11.5 Å². The van der Waals surface area contributed by atoms with Crippen molar-refractivity contribution in [2.24, 2.45) is 0 Å². The molecular formula is C16H27ClN2O2. The zero-order valence-corrected chi connectivity index (χ0v) is 14.0. The minimum absolute atomic E-state index is 0. The molecule has 21 heavy (non-hydrogen) atoms. The Labute approximate surface area is 134 Å². The SMILES string of the molecule is CCCOc1cc(CN2CCNC(C)C2)ccc1OC.Cl. The first kappa shape index (κ1) is 18.1. The van der Waals surface area contributed by atoms with E-state index in [-0.39, 0.29) is 12.4 Å². The summed E-state index contributed by atoms with van der Waals surface area (Å²) in [6.07, 6.45) is 1.00. The number of nitrogens with zero attached hydrogens (tertiary/aromatic N) is 1. The third kappa shape index (κ3) is 5.38. The maximum atomic E-state index is 5.77. The monoisotopic (exact) mass is 314 g/mol. The Bertz CT molecular complexity index is 429. The summed E-state index contributed by atoms with van der Waals surface area (Å²) in [5.41, 5.74) is 1.28. The van der Waals surface area contributed by atoms with Crippen LogP contribution in [0.3, 0.4) is 0 Å². The van der Waals surface area contributed by atoms with E-state index in [0.29, 0.717) is 6.04 Å². The van der Waals surface area contributed by atoms with E-state index in [1.807, 2.05) is 6.07 Å². The predicted molar refractivity (Wildman–Crippen MR) is 88.8 cm³/mol. The maximum Gasteiger partial charge on any atom is 0.161 e. The van der Waals surface area contributed by atoms with Gasteiger partial charge in [-0.05, 0) is 31.0 Å². The first-order chi connectivity index (χ1) is 9.72. The van der Waals surface area contributed by atoms with Crippen LogP contribution in [0.4, 0.5) is 0 Å². The van der Waals surface area contributed by atoms with Gasteiger partial charge in [-0.2, -0.15) is 0 Å². The fraction of sp³-hybridized carbons (Fsp3) is 0.625. The Morgan fingerprint density at radius 1 is 1.33 bits per heavy atom. The molecule has 0 aromatic heterocycles. The van der Waals surface area contributed by atoms with Crippen LogP contribution >= 0.6 is 12.4 Å². The number of hydrogen-bond donors (Lipinski definition) is 1. The third-order valence-corrected chi connectivity index (χ3v) is 3.55. The molecule has 0 amide bonds. The van der Waals surface area contributed by atoms with E-state index in [1.165, 1.54) is 5.56 Å². The molecule has 1 saturated heterocycles. The van der Waals surface area contributed by atoms with E-state index in [1.54, 1.807) is 7.11 Å². The lowest BCUT2D eigenvalue weighted by atomic mass is 10.1. The van der Waals surface area contributed by atoms with Crippen LogP contribution in [0.25, 0.3) is 0 Å². The Hall–Kier alpha value is -0.970. The first-order valence-electron chi connectivity index (χ1n) is 7.48. The molecule has 0 spiro atoms. The molecule has 0 radical (unpaired) electrons. The summed E-state index contributed by atoms with van der Waals surface area (Å²) in [7, 11) is 1.69. The minimum Gasteiger partial charge on any atom is -0.493 e. The molecule has 2 rings (SSSR count). The number of halogens is 1. The van der Waals surface area contributed by atoms with Crippen molar-refractivity contribution in [2.75, 3.05) is 33.4 Å². The van der Waals surface area contributed by atoms with Gasteiger partial charge in [0.2, 0.25) is 0 Å². The molecular weight excluding hydrogens is 288 g/mol. The number of nitrogens with one attached hydrogen (secondary N) is 1. The van der Waals surface area contributed by atoms with Crippen molar-refractivity contribution in [1.29, 1.82) is 0 Å². The van der Waals surface area contributed by atoms with Gasteiger partial charge in [-0.3, -0.25) is 4.90 Å². The molecule has 1 heterocycles. The predicted octanol–water partition coefficient (Wildman–Crippen LogP) is 2.70. The van der Waals surface area contributed by atoms with Gasteiger partial charge in [-0.1, -0.05) is 13.0 Å².